The Balaban J connectivity index is 2.08. The molecule has 2 unspecified atom stereocenters. The lowest BCUT2D eigenvalue weighted by Gasteiger charge is -2.39. The molecule has 0 spiro atoms. The predicted molar refractivity (Wildman–Crippen MR) is 68.0 cm³/mol. The van der Waals surface area contributed by atoms with E-state index in [9.17, 15) is 19.5 Å². The number of aliphatic carboxylic acids is 1. The van der Waals surface area contributed by atoms with Gasteiger partial charge in [-0.15, -0.1) is 0 Å². The Labute approximate surface area is 116 Å². The van der Waals surface area contributed by atoms with Gasteiger partial charge >= 0.3 is 12.0 Å². The second kappa shape index (κ2) is 6.08. The van der Waals surface area contributed by atoms with Gasteiger partial charge in [0.25, 0.3) is 0 Å². The summed E-state index contributed by atoms with van der Waals surface area (Å²) in [6.07, 6.45) is 0.400. The van der Waals surface area contributed by atoms with E-state index < -0.39 is 30.4 Å². The molecule has 2 aliphatic rings. The van der Waals surface area contributed by atoms with Crippen LogP contribution in [0, 0.1) is 0 Å². The van der Waals surface area contributed by atoms with Crippen LogP contribution >= 0.6 is 0 Å². The minimum atomic E-state index is -1.12. The Bertz CT molecular complexity index is 414. The van der Waals surface area contributed by atoms with Gasteiger partial charge in [0.1, 0.15) is 6.04 Å². The molecule has 2 aliphatic heterocycles. The molecular weight excluding hydrogens is 266 g/mol. The SMILES string of the molecule is O=C(O)CC1C(=O)NCCN1C(=O)N1CCCC(O)C1. The molecule has 0 saturated carbocycles. The average molecular weight is 285 g/mol. The molecule has 3 amide bonds. The summed E-state index contributed by atoms with van der Waals surface area (Å²) >= 11 is 0. The predicted octanol–water partition coefficient (Wildman–Crippen LogP) is -1.16. The number of carboxylic acids is 1. The molecule has 0 aromatic carbocycles. The minimum absolute atomic E-state index is 0.233. The lowest BCUT2D eigenvalue weighted by molar-refractivity contribution is -0.142. The van der Waals surface area contributed by atoms with Crippen LogP contribution in [0.3, 0.4) is 0 Å². The van der Waals surface area contributed by atoms with Crippen molar-refractivity contribution in [2.24, 2.45) is 0 Å². The number of aliphatic hydroxyl groups excluding tert-OH is 1. The van der Waals surface area contributed by atoms with E-state index in [-0.39, 0.29) is 19.1 Å². The molecule has 112 valence electrons. The quantitative estimate of drug-likeness (QED) is 0.592. The summed E-state index contributed by atoms with van der Waals surface area (Å²) < 4.78 is 0. The highest BCUT2D eigenvalue weighted by molar-refractivity contribution is 5.91. The van der Waals surface area contributed by atoms with E-state index in [0.717, 1.165) is 0 Å². The Hall–Kier alpha value is -1.83. The van der Waals surface area contributed by atoms with Crippen molar-refractivity contribution >= 4 is 17.9 Å². The van der Waals surface area contributed by atoms with Crippen molar-refractivity contribution in [1.82, 2.24) is 15.1 Å². The molecule has 0 bridgehead atoms. The summed E-state index contributed by atoms with van der Waals surface area (Å²) in [5.74, 6) is -1.56. The largest absolute Gasteiger partial charge is 0.481 e. The summed E-state index contributed by atoms with van der Waals surface area (Å²) in [7, 11) is 0. The second-order valence-corrected chi connectivity index (χ2v) is 5.12. The van der Waals surface area contributed by atoms with Gasteiger partial charge < -0.3 is 25.3 Å². The van der Waals surface area contributed by atoms with E-state index in [0.29, 0.717) is 25.9 Å². The summed E-state index contributed by atoms with van der Waals surface area (Å²) in [4.78, 5) is 37.8. The monoisotopic (exact) mass is 285 g/mol. The minimum Gasteiger partial charge on any atom is -0.481 e. The standard InChI is InChI=1S/C12H19N3O5/c16-8-2-1-4-14(7-8)12(20)15-5-3-13-11(19)9(15)6-10(17)18/h8-9,16H,1-7H2,(H,13,19)(H,17,18). The van der Waals surface area contributed by atoms with Crippen molar-refractivity contribution < 1.29 is 24.6 Å². The molecule has 0 aliphatic carbocycles. The zero-order valence-electron chi connectivity index (χ0n) is 11.1. The van der Waals surface area contributed by atoms with E-state index in [1.54, 1.807) is 0 Å². The zero-order valence-corrected chi connectivity index (χ0v) is 11.1. The number of carbonyl (C=O) groups is 3. The van der Waals surface area contributed by atoms with E-state index in [1.165, 1.54) is 9.80 Å². The van der Waals surface area contributed by atoms with Crippen molar-refractivity contribution in [2.75, 3.05) is 26.2 Å². The van der Waals surface area contributed by atoms with Gasteiger partial charge in [0.15, 0.2) is 0 Å². The number of carboxylic acid groups (broad SMARTS) is 1. The van der Waals surface area contributed by atoms with Crippen molar-refractivity contribution in [2.45, 2.75) is 31.4 Å². The van der Waals surface area contributed by atoms with Gasteiger partial charge in [-0.1, -0.05) is 0 Å². The lowest BCUT2D eigenvalue weighted by atomic mass is 10.1. The average Bonchev–Trinajstić information content (AvgIpc) is 2.40. The molecule has 8 nitrogen and oxygen atoms in total. The van der Waals surface area contributed by atoms with Crippen LogP contribution in [0.15, 0.2) is 0 Å². The third kappa shape index (κ3) is 3.19. The van der Waals surface area contributed by atoms with Crippen LogP contribution in [0.5, 0.6) is 0 Å². The maximum Gasteiger partial charge on any atom is 0.320 e. The van der Waals surface area contributed by atoms with E-state index in [4.69, 9.17) is 5.11 Å². The van der Waals surface area contributed by atoms with Gasteiger partial charge in [-0.05, 0) is 12.8 Å². The van der Waals surface area contributed by atoms with Crippen molar-refractivity contribution in [3.63, 3.8) is 0 Å². The number of piperidine rings is 1. The Morgan fingerprint density at radius 1 is 1.35 bits per heavy atom. The van der Waals surface area contributed by atoms with Gasteiger partial charge in [0, 0.05) is 26.2 Å². The van der Waals surface area contributed by atoms with Gasteiger partial charge in [0.05, 0.1) is 12.5 Å². The number of carbonyl (C=O) groups excluding carboxylic acids is 2. The van der Waals surface area contributed by atoms with Crippen LogP contribution in [0.4, 0.5) is 4.79 Å². The fourth-order valence-corrected chi connectivity index (χ4v) is 2.62. The first-order valence-corrected chi connectivity index (χ1v) is 6.72. The first kappa shape index (κ1) is 14.6. The Kier molecular flexibility index (Phi) is 4.43. The fraction of sp³-hybridized carbons (Fsp3) is 0.750. The molecule has 8 heteroatoms. The molecule has 0 aromatic rings. The van der Waals surface area contributed by atoms with Crippen molar-refractivity contribution in [3.05, 3.63) is 0 Å². The number of β-amino-alcohol motifs (C(OH)–C–C–N with tert-alkyl or cyclic N) is 1. The normalized spacial score (nSPS) is 27.1. The topological polar surface area (TPSA) is 110 Å². The molecule has 2 saturated heterocycles. The highest BCUT2D eigenvalue weighted by Gasteiger charge is 2.37. The summed E-state index contributed by atoms with van der Waals surface area (Å²) in [5.41, 5.74) is 0. The second-order valence-electron chi connectivity index (χ2n) is 5.12. The van der Waals surface area contributed by atoms with Gasteiger partial charge in [-0.25, -0.2) is 4.79 Å². The molecule has 2 atom stereocenters. The lowest BCUT2D eigenvalue weighted by Crippen LogP contribution is -2.61. The van der Waals surface area contributed by atoms with Crippen LogP contribution in [-0.4, -0.2) is 76.2 Å². The van der Waals surface area contributed by atoms with Gasteiger partial charge in [0.2, 0.25) is 5.91 Å². The molecule has 0 radical (unpaired) electrons. The maximum atomic E-state index is 12.4. The number of hydrogen-bond acceptors (Lipinski definition) is 4. The number of rotatable bonds is 2. The maximum absolute atomic E-state index is 12.4. The zero-order chi connectivity index (χ0) is 14.7. The third-order valence-corrected chi connectivity index (χ3v) is 3.61. The number of aliphatic hydroxyl groups is 1. The molecule has 2 fully saturated rings. The number of likely N-dealkylation sites (tertiary alicyclic amines) is 1. The number of amides is 3. The molecule has 3 N–H and O–H groups in total. The first-order valence-electron chi connectivity index (χ1n) is 6.72. The number of urea groups is 1. The van der Waals surface area contributed by atoms with E-state index in [2.05, 4.69) is 5.32 Å². The summed E-state index contributed by atoms with van der Waals surface area (Å²) in [5, 5.41) is 21.0. The smallest absolute Gasteiger partial charge is 0.320 e. The van der Waals surface area contributed by atoms with E-state index >= 15 is 0 Å². The van der Waals surface area contributed by atoms with Crippen molar-refractivity contribution in [1.29, 1.82) is 0 Å². The first-order chi connectivity index (χ1) is 9.49. The highest BCUT2D eigenvalue weighted by atomic mass is 16.4. The number of nitrogens with zero attached hydrogens (tertiary/aromatic N) is 2. The Morgan fingerprint density at radius 2 is 2.10 bits per heavy atom. The number of piperazine rings is 1. The summed E-state index contributed by atoms with van der Waals surface area (Å²) in [6.45, 7) is 1.36. The summed E-state index contributed by atoms with van der Waals surface area (Å²) in [6, 6.07) is -1.35. The molecular formula is C12H19N3O5. The van der Waals surface area contributed by atoms with Gasteiger partial charge in [-0.2, -0.15) is 0 Å². The van der Waals surface area contributed by atoms with E-state index in [1.807, 2.05) is 0 Å². The van der Waals surface area contributed by atoms with Gasteiger partial charge in [-0.3, -0.25) is 9.59 Å². The van der Waals surface area contributed by atoms with Crippen LogP contribution in [0.1, 0.15) is 19.3 Å². The van der Waals surface area contributed by atoms with Crippen LogP contribution in [-0.2, 0) is 9.59 Å². The number of hydrogen-bond donors (Lipinski definition) is 3. The fourth-order valence-electron chi connectivity index (χ4n) is 2.62. The van der Waals surface area contributed by atoms with Crippen LogP contribution in [0.2, 0.25) is 0 Å². The van der Waals surface area contributed by atoms with Crippen molar-refractivity contribution in [3.8, 4) is 0 Å². The molecule has 20 heavy (non-hydrogen) atoms. The Morgan fingerprint density at radius 3 is 2.75 bits per heavy atom. The molecule has 0 aromatic heterocycles. The molecule has 2 heterocycles. The number of nitrogens with one attached hydrogen (secondary N) is 1. The van der Waals surface area contributed by atoms with Crippen LogP contribution in [0.25, 0.3) is 0 Å². The molecule has 2 rings (SSSR count). The van der Waals surface area contributed by atoms with Crippen LogP contribution < -0.4 is 5.32 Å². The highest BCUT2D eigenvalue weighted by Crippen LogP contribution is 2.16. The third-order valence-electron chi connectivity index (χ3n) is 3.61.